The lowest BCUT2D eigenvalue weighted by molar-refractivity contribution is -0.158. The Labute approximate surface area is 220 Å². The Morgan fingerprint density at radius 2 is 1.49 bits per heavy atom. The molecule has 0 aliphatic carbocycles. The number of esters is 1. The Hall–Kier alpha value is -3.44. The molecule has 2 heterocycles. The summed E-state index contributed by atoms with van der Waals surface area (Å²) in [6.07, 6.45) is 3.82. The van der Waals surface area contributed by atoms with Crippen molar-refractivity contribution >= 4 is 11.9 Å². The molecule has 37 heavy (non-hydrogen) atoms. The van der Waals surface area contributed by atoms with Crippen LogP contribution in [-0.4, -0.2) is 59.5 Å². The van der Waals surface area contributed by atoms with Gasteiger partial charge in [-0.15, -0.1) is 0 Å². The highest BCUT2D eigenvalue weighted by Gasteiger charge is 2.54. The lowest BCUT2D eigenvalue weighted by Gasteiger charge is -2.35. The molecule has 0 spiro atoms. The number of methoxy groups -OCH3 is 1. The third-order valence-corrected chi connectivity index (χ3v) is 8.23. The zero-order valence-electron chi connectivity index (χ0n) is 21.8. The molecule has 2 unspecified atom stereocenters. The van der Waals surface area contributed by atoms with Crippen LogP contribution in [0.2, 0.25) is 0 Å². The lowest BCUT2D eigenvalue weighted by atomic mass is 9.88. The largest absolute Gasteiger partial charge is 0.467 e. The van der Waals surface area contributed by atoms with E-state index in [9.17, 15) is 9.59 Å². The predicted molar refractivity (Wildman–Crippen MR) is 145 cm³/mol. The van der Waals surface area contributed by atoms with Crippen LogP contribution >= 0.6 is 0 Å². The summed E-state index contributed by atoms with van der Waals surface area (Å²) in [4.78, 5) is 32.0. The molecule has 3 atom stereocenters. The van der Waals surface area contributed by atoms with Crippen LogP contribution in [0, 0.1) is 0 Å². The maximum absolute atomic E-state index is 14.4. The van der Waals surface area contributed by atoms with Crippen LogP contribution in [0.5, 0.6) is 0 Å². The molecule has 0 bridgehead atoms. The third kappa shape index (κ3) is 5.05. The van der Waals surface area contributed by atoms with Crippen molar-refractivity contribution in [3.05, 3.63) is 108 Å². The van der Waals surface area contributed by atoms with Gasteiger partial charge in [0, 0.05) is 18.6 Å². The van der Waals surface area contributed by atoms with Crippen LogP contribution in [0.25, 0.3) is 0 Å². The smallest absolute Gasteiger partial charge is 0.331 e. The van der Waals surface area contributed by atoms with Crippen LogP contribution in [0.15, 0.2) is 91.0 Å². The first-order valence-electron chi connectivity index (χ1n) is 13.3. The second kappa shape index (κ2) is 10.9. The first kappa shape index (κ1) is 25.2. The van der Waals surface area contributed by atoms with E-state index < -0.39 is 11.5 Å². The van der Waals surface area contributed by atoms with Gasteiger partial charge >= 0.3 is 5.97 Å². The van der Waals surface area contributed by atoms with E-state index in [-0.39, 0.29) is 17.9 Å². The number of nitrogens with zero attached hydrogens (tertiary/aromatic N) is 2. The van der Waals surface area contributed by atoms with Crippen LogP contribution in [0.1, 0.15) is 48.8 Å². The van der Waals surface area contributed by atoms with Crippen molar-refractivity contribution in [2.75, 3.05) is 20.2 Å². The molecule has 192 valence electrons. The average Bonchev–Trinajstić information content (AvgIpc) is 3.54. The molecular weight excluding hydrogens is 460 g/mol. The Balaban J connectivity index is 1.46. The summed E-state index contributed by atoms with van der Waals surface area (Å²) in [5, 5.41) is 0. The number of benzene rings is 3. The van der Waals surface area contributed by atoms with Gasteiger partial charge in [0.15, 0.2) is 0 Å². The van der Waals surface area contributed by atoms with Crippen molar-refractivity contribution in [1.82, 2.24) is 9.80 Å². The highest BCUT2D eigenvalue weighted by Crippen LogP contribution is 2.40. The number of rotatable bonds is 7. The standard InChI is InChI=1S/C32H36N2O3/c1-32(31(36)37-2)22-28(33-20-12-19-27(33)21-24-13-6-3-7-14-24)23-34(32)30(35)29(25-15-8-4-9-16-25)26-17-10-5-11-18-26/h3-11,13-18,27-29H,12,19-23H2,1-2H3/t27?,28-,32?/m0/s1. The number of carbonyl (C=O) groups is 2. The minimum atomic E-state index is -1.02. The Kier molecular flexibility index (Phi) is 7.43. The first-order valence-corrected chi connectivity index (χ1v) is 13.3. The van der Waals surface area contributed by atoms with Crippen molar-refractivity contribution in [1.29, 1.82) is 0 Å². The quantitative estimate of drug-likeness (QED) is 0.429. The van der Waals surface area contributed by atoms with Gasteiger partial charge in [-0.25, -0.2) is 4.79 Å². The average molecular weight is 497 g/mol. The molecule has 2 fully saturated rings. The van der Waals surface area contributed by atoms with Gasteiger partial charge in [-0.05, 0) is 55.8 Å². The second-order valence-electron chi connectivity index (χ2n) is 10.6. The molecule has 0 aromatic heterocycles. The number of ether oxygens (including phenoxy) is 1. The summed E-state index contributed by atoms with van der Waals surface area (Å²) in [6, 6.07) is 30.9. The molecule has 5 heteroatoms. The molecule has 3 aromatic rings. The number of hydrogen-bond donors (Lipinski definition) is 0. The Morgan fingerprint density at radius 3 is 2.05 bits per heavy atom. The fourth-order valence-corrected chi connectivity index (χ4v) is 6.38. The van der Waals surface area contributed by atoms with E-state index in [1.165, 1.54) is 12.7 Å². The van der Waals surface area contributed by atoms with E-state index >= 15 is 0 Å². The molecule has 5 rings (SSSR count). The zero-order valence-corrected chi connectivity index (χ0v) is 21.8. The molecule has 2 aliphatic rings. The van der Waals surface area contributed by atoms with Crippen molar-refractivity contribution in [3.63, 3.8) is 0 Å². The maximum Gasteiger partial charge on any atom is 0.331 e. The van der Waals surface area contributed by atoms with Crippen LogP contribution < -0.4 is 0 Å². The number of hydrogen-bond acceptors (Lipinski definition) is 4. The molecule has 2 saturated heterocycles. The van der Waals surface area contributed by atoms with E-state index in [0.29, 0.717) is 19.0 Å². The van der Waals surface area contributed by atoms with E-state index in [1.54, 1.807) is 0 Å². The number of carbonyl (C=O) groups excluding carboxylic acids is 2. The van der Waals surface area contributed by atoms with Crippen molar-refractivity contribution in [2.24, 2.45) is 0 Å². The Morgan fingerprint density at radius 1 is 0.919 bits per heavy atom. The molecule has 1 amide bonds. The van der Waals surface area contributed by atoms with Crippen LogP contribution in [0.4, 0.5) is 0 Å². The molecule has 5 nitrogen and oxygen atoms in total. The molecule has 0 radical (unpaired) electrons. The molecular formula is C32H36N2O3. The zero-order chi connectivity index (χ0) is 25.8. The highest BCUT2D eigenvalue weighted by molar-refractivity contribution is 5.93. The van der Waals surface area contributed by atoms with Crippen molar-refractivity contribution < 1.29 is 14.3 Å². The summed E-state index contributed by atoms with van der Waals surface area (Å²) in [6.45, 7) is 3.39. The minimum absolute atomic E-state index is 0.0494. The fourth-order valence-electron chi connectivity index (χ4n) is 6.38. The lowest BCUT2D eigenvalue weighted by Crippen LogP contribution is -2.52. The van der Waals surface area contributed by atoms with Crippen molar-refractivity contribution in [2.45, 2.75) is 56.1 Å². The summed E-state index contributed by atoms with van der Waals surface area (Å²) in [5.74, 6) is -0.877. The number of likely N-dealkylation sites (tertiary alicyclic amines) is 2. The van der Waals surface area contributed by atoms with E-state index in [0.717, 1.165) is 36.9 Å². The van der Waals surface area contributed by atoms with E-state index in [2.05, 4.69) is 29.2 Å². The fraction of sp³-hybridized carbons (Fsp3) is 0.375. The van der Waals surface area contributed by atoms with Crippen molar-refractivity contribution in [3.8, 4) is 0 Å². The second-order valence-corrected chi connectivity index (χ2v) is 10.6. The van der Waals surface area contributed by atoms with Crippen LogP contribution in [-0.2, 0) is 20.7 Å². The van der Waals surface area contributed by atoms with Gasteiger partial charge in [0.1, 0.15) is 5.54 Å². The predicted octanol–water partition coefficient (Wildman–Crippen LogP) is 5.06. The summed E-state index contributed by atoms with van der Waals surface area (Å²) in [7, 11) is 1.42. The van der Waals surface area contributed by atoms with Gasteiger partial charge in [0.2, 0.25) is 5.91 Å². The van der Waals surface area contributed by atoms with E-state index in [4.69, 9.17) is 4.74 Å². The summed E-state index contributed by atoms with van der Waals surface area (Å²) in [5.41, 5.74) is 2.17. The summed E-state index contributed by atoms with van der Waals surface area (Å²) >= 11 is 0. The van der Waals surface area contributed by atoms with Gasteiger partial charge < -0.3 is 9.64 Å². The van der Waals surface area contributed by atoms with Crippen LogP contribution in [0.3, 0.4) is 0 Å². The Bertz CT molecular complexity index is 1160. The van der Waals surface area contributed by atoms with Gasteiger partial charge in [-0.1, -0.05) is 91.0 Å². The SMILES string of the molecule is COC(=O)C1(C)C[C@H](N2CCCC2Cc2ccccc2)CN1C(=O)C(c1ccccc1)c1ccccc1. The normalized spacial score (nSPS) is 23.9. The van der Waals surface area contributed by atoms with Gasteiger partial charge in [0.05, 0.1) is 13.0 Å². The van der Waals surface area contributed by atoms with Gasteiger partial charge in [-0.2, -0.15) is 0 Å². The maximum atomic E-state index is 14.4. The summed E-state index contributed by atoms with van der Waals surface area (Å²) < 4.78 is 5.29. The topological polar surface area (TPSA) is 49.9 Å². The number of amides is 1. The molecule has 2 aliphatic heterocycles. The third-order valence-electron chi connectivity index (χ3n) is 8.23. The highest BCUT2D eigenvalue weighted by atomic mass is 16.5. The molecule has 3 aromatic carbocycles. The first-order chi connectivity index (χ1) is 18.0. The van der Waals surface area contributed by atoms with Gasteiger partial charge in [-0.3, -0.25) is 9.69 Å². The molecule has 0 N–H and O–H groups in total. The minimum Gasteiger partial charge on any atom is -0.467 e. The molecule has 0 saturated carbocycles. The monoisotopic (exact) mass is 496 g/mol. The van der Waals surface area contributed by atoms with E-state index in [1.807, 2.05) is 78.6 Å². The van der Waals surface area contributed by atoms with Gasteiger partial charge in [0.25, 0.3) is 0 Å².